The van der Waals surface area contributed by atoms with Crippen molar-refractivity contribution in [2.24, 2.45) is 0 Å². The first-order valence-electron chi connectivity index (χ1n) is 9.00. The highest BCUT2D eigenvalue weighted by Crippen LogP contribution is 2.22. The first-order chi connectivity index (χ1) is 14.4. The van der Waals surface area contributed by atoms with Crippen molar-refractivity contribution in [2.45, 2.75) is 20.0 Å². The van der Waals surface area contributed by atoms with Crippen LogP contribution in [0.15, 0.2) is 53.6 Å². The van der Waals surface area contributed by atoms with Gasteiger partial charge in [0.25, 0.3) is 5.56 Å². The molecule has 4 aromatic rings. The average Bonchev–Trinajstić information content (AvgIpc) is 3.13. The summed E-state index contributed by atoms with van der Waals surface area (Å²) >= 11 is 12.0. The number of nitrogens with one attached hydrogen (secondary N) is 1. The summed E-state index contributed by atoms with van der Waals surface area (Å²) in [6.45, 7) is 1.98. The molecule has 152 valence electrons. The number of anilines is 1. The lowest BCUT2D eigenvalue weighted by Gasteiger charge is -2.10. The number of hydrogen-bond acceptors (Lipinski definition) is 5. The van der Waals surface area contributed by atoms with Crippen molar-refractivity contribution in [3.63, 3.8) is 0 Å². The number of carbonyl (C=O) groups excluding carboxylic acids is 1. The Morgan fingerprint density at radius 1 is 1.13 bits per heavy atom. The smallest absolute Gasteiger partial charge is 0.283 e. The van der Waals surface area contributed by atoms with Crippen LogP contribution >= 0.6 is 23.2 Å². The predicted molar refractivity (Wildman–Crippen MR) is 115 cm³/mol. The fourth-order valence-corrected chi connectivity index (χ4v) is 3.26. The Kier molecular flexibility index (Phi) is 5.52. The molecule has 1 amide bonds. The molecule has 0 atom stereocenters. The zero-order valence-electron chi connectivity index (χ0n) is 15.8. The summed E-state index contributed by atoms with van der Waals surface area (Å²) in [6, 6.07) is 12.5. The van der Waals surface area contributed by atoms with E-state index in [-0.39, 0.29) is 18.0 Å². The first-order valence-corrected chi connectivity index (χ1v) is 9.76. The molecule has 0 spiro atoms. The van der Waals surface area contributed by atoms with E-state index in [0.717, 1.165) is 11.1 Å². The van der Waals surface area contributed by atoms with Crippen molar-refractivity contribution in [3.8, 4) is 0 Å². The van der Waals surface area contributed by atoms with Gasteiger partial charge < -0.3 is 5.32 Å². The van der Waals surface area contributed by atoms with E-state index >= 15 is 0 Å². The van der Waals surface area contributed by atoms with Gasteiger partial charge in [0, 0.05) is 15.7 Å². The molecule has 2 heterocycles. The van der Waals surface area contributed by atoms with E-state index in [9.17, 15) is 9.59 Å². The van der Waals surface area contributed by atoms with Crippen LogP contribution in [0.1, 0.15) is 11.1 Å². The van der Waals surface area contributed by atoms with Gasteiger partial charge in [-0.2, -0.15) is 0 Å². The molecule has 0 fully saturated rings. The van der Waals surface area contributed by atoms with Crippen LogP contribution in [0.2, 0.25) is 10.0 Å². The van der Waals surface area contributed by atoms with Crippen molar-refractivity contribution >= 4 is 46.0 Å². The summed E-state index contributed by atoms with van der Waals surface area (Å²) in [4.78, 5) is 29.4. The maximum atomic E-state index is 12.7. The molecule has 0 aliphatic carbocycles. The summed E-state index contributed by atoms with van der Waals surface area (Å²) < 4.78 is 2.72. The largest absolute Gasteiger partial charge is 0.324 e. The van der Waals surface area contributed by atoms with Crippen molar-refractivity contribution < 1.29 is 4.79 Å². The minimum atomic E-state index is -0.444. The second-order valence-electron chi connectivity index (χ2n) is 6.68. The van der Waals surface area contributed by atoms with E-state index in [1.807, 2.05) is 12.1 Å². The number of benzene rings is 2. The Balaban J connectivity index is 1.55. The monoisotopic (exact) mass is 442 g/mol. The van der Waals surface area contributed by atoms with E-state index in [4.69, 9.17) is 23.2 Å². The summed E-state index contributed by atoms with van der Waals surface area (Å²) in [7, 11) is 0. The fraction of sp³-hybridized carbons (Fsp3) is 0.150. The molecule has 1 N–H and O–H groups in total. The molecular weight excluding hydrogens is 427 g/mol. The molecule has 2 aromatic heterocycles. The third-order valence-corrected chi connectivity index (χ3v) is 5.25. The van der Waals surface area contributed by atoms with Gasteiger partial charge in [-0.25, -0.2) is 9.67 Å². The average molecular weight is 443 g/mol. The number of aromatic nitrogens is 5. The van der Waals surface area contributed by atoms with Crippen LogP contribution in [0, 0.1) is 6.92 Å². The summed E-state index contributed by atoms with van der Waals surface area (Å²) in [5.41, 5.74) is 2.27. The minimum absolute atomic E-state index is 0.0956. The summed E-state index contributed by atoms with van der Waals surface area (Å²) in [5.74, 6) is -0.378. The van der Waals surface area contributed by atoms with Crippen molar-refractivity contribution in [3.05, 3.63) is 80.3 Å². The molecule has 0 saturated heterocycles. The molecule has 2 aromatic carbocycles. The van der Waals surface area contributed by atoms with Crippen LogP contribution in [0.25, 0.3) is 11.2 Å². The number of halogens is 2. The van der Waals surface area contributed by atoms with Gasteiger partial charge in [-0.05, 0) is 42.3 Å². The number of nitrogens with zero attached hydrogens (tertiary/aromatic N) is 5. The van der Waals surface area contributed by atoms with Crippen LogP contribution < -0.4 is 10.9 Å². The minimum Gasteiger partial charge on any atom is -0.324 e. The van der Waals surface area contributed by atoms with Crippen LogP contribution in [0.5, 0.6) is 0 Å². The molecule has 0 bridgehead atoms. The highest BCUT2D eigenvalue weighted by molar-refractivity contribution is 6.31. The van der Waals surface area contributed by atoms with Gasteiger partial charge >= 0.3 is 0 Å². The molecule has 30 heavy (non-hydrogen) atoms. The molecule has 0 aliphatic rings. The SMILES string of the molecule is Cc1c(Cl)cccc1NC(=O)Cn1cnc2c(nnn2Cc2ccc(Cl)cc2)c1=O. The van der Waals surface area contributed by atoms with E-state index < -0.39 is 5.56 Å². The van der Waals surface area contributed by atoms with E-state index in [1.165, 1.54) is 15.6 Å². The maximum Gasteiger partial charge on any atom is 0.283 e. The molecule has 0 aliphatic heterocycles. The van der Waals surface area contributed by atoms with Crippen LogP contribution in [-0.4, -0.2) is 30.5 Å². The zero-order chi connectivity index (χ0) is 21.3. The normalized spacial score (nSPS) is 11.0. The molecular formula is C20H16Cl2N6O2. The fourth-order valence-electron chi connectivity index (χ4n) is 2.96. The lowest BCUT2D eigenvalue weighted by atomic mass is 10.2. The van der Waals surface area contributed by atoms with Gasteiger partial charge in [0.15, 0.2) is 11.2 Å². The molecule has 0 saturated carbocycles. The molecule has 0 unspecified atom stereocenters. The highest BCUT2D eigenvalue weighted by Gasteiger charge is 2.15. The van der Waals surface area contributed by atoms with Gasteiger partial charge in [0.1, 0.15) is 12.9 Å². The van der Waals surface area contributed by atoms with Gasteiger partial charge in [-0.1, -0.05) is 46.6 Å². The van der Waals surface area contributed by atoms with Gasteiger partial charge in [-0.15, -0.1) is 5.10 Å². The number of amides is 1. The van der Waals surface area contributed by atoms with E-state index in [1.54, 1.807) is 37.3 Å². The third-order valence-electron chi connectivity index (χ3n) is 4.59. The Hall–Kier alpha value is -3.23. The topological polar surface area (TPSA) is 94.7 Å². The molecule has 8 nitrogen and oxygen atoms in total. The van der Waals surface area contributed by atoms with Crippen LogP contribution in [-0.2, 0) is 17.9 Å². The Labute approximate surface area is 181 Å². The lowest BCUT2D eigenvalue weighted by molar-refractivity contribution is -0.116. The predicted octanol–water partition coefficient (Wildman–Crippen LogP) is 3.29. The van der Waals surface area contributed by atoms with E-state index in [2.05, 4.69) is 20.6 Å². The summed E-state index contributed by atoms with van der Waals surface area (Å²) in [6.07, 6.45) is 1.32. The van der Waals surface area contributed by atoms with Gasteiger partial charge in [0.2, 0.25) is 5.91 Å². The molecule has 4 rings (SSSR count). The Morgan fingerprint density at radius 2 is 1.90 bits per heavy atom. The Morgan fingerprint density at radius 3 is 2.67 bits per heavy atom. The quantitative estimate of drug-likeness (QED) is 0.511. The standard InChI is InChI=1S/C20H16Cl2N6O2/c1-12-15(22)3-2-4-16(12)24-17(29)10-27-11-23-19-18(20(27)30)25-26-28(19)9-13-5-7-14(21)8-6-13/h2-8,11H,9-10H2,1H3,(H,24,29). The molecule has 10 heteroatoms. The first kappa shape index (κ1) is 20.1. The van der Waals surface area contributed by atoms with Crippen molar-refractivity contribution in [1.29, 1.82) is 0 Å². The third kappa shape index (κ3) is 4.05. The summed E-state index contributed by atoms with van der Waals surface area (Å²) in [5, 5.41) is 11.9. The van der Waals surface area contributed by atoms with Crippen LogP contribution in [0.4, 0.5) is 5.69 Å². The molecule has 0 radical (unpaired) electrons. The number of fused-ring (bicyclic) bond motifs is 1. The van der Waals surface area contributed by atoms with Crippen molar-refractivity contribution in [2.75, 3.05) is 5.32 Å². The maximum absolute atomic E-state index is 12.7. The van der Waals surface area contributed by atoms with Crippen molar-refractivity contribution in [1.82, 2.24) is 24.5 Å². The van der Waals surface area contributed by atoms with Gasteiger partial charge in [-0.3, -0.25) is 14.2 Å². The second kappa shape index (κ2) is 8.25. The van der Waals surface area contributed by atoms with Crippen LogP contribution in [0.3, 0.4) is 0 Å². The zero-order valence-corrected chi connectivity index (χ0v) is 17.4. The highest BCUT2D eigenvalue weighted by atomic mass is 35.5. The second-order valence-corrected chi connectivity index (χ2v) is 7.53. The number of rotatable bonds is 5. The van der Waals surface area contributed by atoms with E-state index in [0.29, 0.717) is 27.9 Å². The number of hydrogen-bond donors (Lipinski definition) is 1. The number of carbonyl (C=O) groups is 1. The Bertz CT molecular complexity index is 1300. The lowest BCUT2D eigenvalue weighted by Crippen LogP contribution is -2.28. The van der Waals surface area contributed by atoms with Gasteiger partial charge in [0.05, 0.1) is 6.54 Å².